The lowest BCUT2D eigenvalue weighted by Gasteiger charge is -2.12. The molecule has 172 valence electrons. The monoisotopic (exact) mass is 466 g/mol. The minimum atomic E-state index is -0.443. The summed E-state index contributed by atoms with van der Waals surface area (Å²) in [7, 11) is 3.88. The molecule has 0 aliphatic carbocycles. The summed E-state index contributed by atoms with van der Waals surface area (Å²) in [6.45, 7) is 4.12. The van der Waals surface area contributed by atoms with Crippen LogP contribution in [0.2, 0.25) is 0 Å². The van der Waals surface area contributed by atoms with E-state index < -0.39 is 5.97 Å². The van der Waals surface area contributed by atoms with Gasteiger partial charge in [-0.2, -0.15) is 0 Å². The van der Waals surface area contributed by atoms with Crippen LogP contribution >= 0.6 is 11.3 Å². The van der Waals surface area contributed by atoms with Crippen LogP contribution in [0.3, 0.4) is 0 Å². The van der Waals surface area contributed by atoms with Gasteiger partial charge in [-0.25, -0.2) is 4.79 Å². The van der Waals surface area contributed by atoms with Gasteiger partial charge in [0.1, 0.15) is 5.00 Å². The fourth-order valence-corrected chi connectivity index (χ4v) is 4.81. The van der Waals surface area contributed by atoms with Crippen LogP contribution < -0.4 is 19.7 Å². The van der Waals surface area contributed by atoms with Crippen molar-refractivity contribution >= 4 is 33.9 Å². The number of carbonyl (C=O) groups is 2. The number of ether oxygens (including phenoxy) is 3. The number of hydrogen-bond acceptors (Lipinski definition) is 7. The maximum absolute atomic E-state index is 12.9. The van der Waals surface area contributed by atoms with E-state index in [9.17, 15) is 9.59 Å². The number of benzene rings is 2. The summed E-state index contributed by atoms with van der Waals surface area (Å²) in [6, 6.07) is 13.1. The highest BCUT2D eigenvalue weighted by Crippen LogP contribution is 2.38. The number of fused-ring (bicyclic) bond motifs is 1. The van der Waals surface area contributed by atoms with E-state index in [1.807, 2.05) is 56.3 Å². The lowest BCUT2D eigenvalue weighted by Crippen LogP contribution is -2.15. The minimum Gasteiger partial charge on any atom is -0.462 e. The third kappa shape index (κ3) is 4.80. The van der Waals surface area contributed by atoms with E-state index in [1.165, 1.54) is 11.3 Å². The molecule has 0 spiro atoms. The maximum Gasteiger partial charge on any atom is 0.341 e. The highest BCUT2D eigenvalue weighted by molar-refractivity contribution is 7.17. The van der Waals surface area contributed by atoms with Crippen molar-refractivity contribution in [2.24, 2.45) is 0 Å². The standard InChI is InChI=1S/C25H26N2O5S/c1-5-30-25(29)22-15(2)21(13-16-6-11-19-20(12-16)32-14-31-19)33-24(22)26-23(28)17-7-9-18(10-8-17)27(3)4/h6-12H,5,13-14H2,1-4H3,(H,26,28). The maximum atomic E-state index is 12.9. The summed E-state index contributed by atoms with van der Waals surface area (Å²) in [5.74, 6) is 0.715. The Morgan fingerprint density at radius 3 is 2.52 bits per heavy atom. The van der Waals surface area contributed by atoms with Gasteiger partial charge in [-0.3, -0.25) is 4.79 Å². The van der Waals surface area contributed by atoms with Gasteiger partial charge in [-0.15, -0.1) is 11.3 Å². The van der Waals surface area contributed by atoms with Crippen LogP contribution in [0.1, 0.15) is 43.6 Å². The van der Waals surface area contributed by atoms with E-state index in [-0.39, 0.29) is 19.3 Å². The second-order valence-corrected chi connectivity index (χ2v) is 8.94. The summed E-state index contributed by atoms with van der Waals surface area (Å²) < 4.78 is 16.1. The smallest absolute Gasteiger partial charge is 0.341 e. The predicted octanol–water partition coefficient (Wildman–Crippen LogP) is 4.87. The average molecular weight is 467 g/mol. The molecular weight excluding hydrogens is 440 g/mol. The fourth-order valence-electron chi connectivity index (χ4n) is 3.59. The van der Waals surface area contributed by atoms with Gasteiger partial charge < -0.3 is 24.4 Å². The Morgan fingerprint density at radius 1 is 1.09 bits per heavy atom. The quantitative estimate of drug-likeness (QED) is 0.501. The first-order valence-electron chi connectivity index (χ1n) is 10.6. The first-order valence-corrected chi connectivity index (χ1v) is 11.5. The first-order chi connectivity index (χ1) is 15.9. The van der Waals surface area contributed by atoms with E-state index >= 15 is 0 Å². The average Bonchev–Trinajstić information content (AvgIpc) is 3.38. The minimum absolute atomic E-state index is 0.218. The number of amides is 1. The number of nitrogens with one attached hydrogen (secondary N) is 1. The summed E-state index contributed by atoms with van der Waals surface area (Å²) in [4.78, 5) is 28.6. The molecule has 0 bridgehead atoms. The Bertz CT molecular complexity index is 1180. The van der Waals surface area contributed by atoms with Gasteiger partial charge in [0.25, 0.3) is 5.91 Å². The van der Waals surface area contributed by atoms with Crippen LogP contribution in [0, 0.1) is 6.92 Å². The molecule has 1 amide bonds. The molecule has 7 nitrogen and oxygen atoms in total. The van der Waals surface area contributed by atoms with Gasteiger partial charge in [0.15, 0.2) is 11.5 Å². The Balaban J connectivity index is 1.62. The molecule has 2 aromatic carbocycles. The fraction of sp³-hybridized carbons (Fsp3) is 0.280. The molecular formula is C25H26N2O5S. The van der Waals surface area contributed by atoms with E-state index in [0.717, 1.165) is 27.4 Å². The number of thiophene rings is 1. The lowest BCUT2D eigenvalue weighted by molar-refractivity contribution is 0.0527. The van der Waals surface area contributed by atoms with Gasteiger partial charge in [0, 0.05) is 36.6 Å². The Labute approximate surface area is 196 Å². The van der Waals surface area contributed by atoms with Gasteiger partial charge in [0.05, 0.1) is 12.2 Å². The number of anilines is 2. The summed E-state index contributed by atoms with van der Waals surface area (Å²) in [6.07, 6.45) is 0.590. The molecule has 0 saturated carbocycles. The molecule has 4 rings (SSSR count). The van der Waals surface area contributed by atoms with Crippen molar-refractivity contribution in [2.75, 3.05) is 37.7 Å². The van der Waals surface area contributed by atoms with Crippen molar-refractivity contribution in [3.05, 3.63) is 69.6 Å². The molecule has 0 saturated heterocycles. The van der Waals surface area contributed by atoms with Crippen molar-refractivity contribution < 1.29 is 23.8 Å². The van der Waals surface area contributed by atoms with Crippen molar-refractivity contribution in [3.63, 3.8) is 0 Å². The summed E-state index contributed by atoms with van der Waals surface area (Å²) >= 11 is 1.39. The number of hydrogen-bond donors (Lipinski definition) is 1. The second kappa shape index (κ2) is 9.54. The Morgan fingerprint density at radius 2 is 1.82 bits per heavy atom. The van der Waals surface area contributed by atoms with Crippen LogP contribution in [-0.2, 0) is 11.2 Å². The van der Waals surface area contributed by atoms with Crippen molar-refractivity contribution in [2.45, 2.75) is 20.3 Å². The van der Waals surface area contributed by atoms with Crippen molar-refractivity contribution in [1.29, 1.82) is 0 Å². The van der Waals surface area contributed by atoms with Crippen LogP contribution in [-0.4, -0.2) is 39.4 Å². The molecule has 0 radical (unpaired) electrons. The third-order valence-corrected chi connectivity index (χ3v) is 6.61. The Kier molecular flexibility index (Phi) is 6.55. The zero-order chi connectivity index (χ0) is 23.5. The molecule has 0 unspecified atom stereocenters. The zero-order valence-corrected chi connectivity index (χ0v) is 19.9. The number of rotatable bonds is 7. The van der Waals surface area contributed by atoms with E-state index in [1.54, 1.807) is 19.1 Å². The van der Waals surface area contributed by atoms with Crippen LogP contribution in [0.15, 0.2) is 42.5 Å². The van der Waals surface area contributed by atoms with Crippen LogP contribution in [0.5, 0.6) is 11.5 Å². The first kappa shape index (κ1) is 22.7. The molecule has 33 heavy (non-hydrogen) atoms. The molecule has 2 heterocycles. The van der Waals surface area contributed by atoms with Gasteiger partial charge in [-0.1, -0.05) is 6.07 Å². The molecule has 1 aromatic heterocycles. The van der Waals surface area contributed by atoms with Crippen molar-refractivity contribution in [3.8, 4) is 11.5 Å². The SMILES string of the molecule is CCOC(=O)c1c(NC(=O)c2ccc(N(C)C)cc2)sc(Cc2ccc3c(c2)OCO3)c1C. The lowest BCUT2D eigenvalue weighted by atomic mass is 10.1. The molecule has 1 N–H and O–H groups in total. The summed E-state index contributed by atoms with van der Waals surface area (Å²) in [5, 5.41) is 3.41. The number of esters is 1. The van der Waals surface area contributed by atoms with Crippen LogP contribution in [0.25, 0.3) is 0 Å². The summed E-state index contributed by atoms with van der Waals surface area (Å²) in [5.41, 5.74) is 3.73. The highest BCUT2D eigenvalue weighted by atomic mass is 32.1. The largest absolute Gasteiger partial charge is 0.462 e. The third-order valence-electron chi connectivity index (χ3n) is 5.40. The van der Waals surface area contributed by atoms with Gasteiger partial charge in [0.2, 0.25) is 6.79 Å². The van der Waals surface area contributed by atoms with Crippen molar-refractivity contribution in [1.82, 2.24) is 0 Å². The highest BCUT2D eigenvalue weighted by Gasteiger charge is 2.24. The molecule has 1 aliphatic rings. The van der Waals surface area contributed by atoms with E-state index in [2.05, 4.69) is 5.32 Å². The van der Waals surface area contributed by atoms with Crippen LogP contribution in [0.4, 0.5) is 10.7 Å². The van der Waals surface area contributed by atoms with E-state index in [0.29, 0.717) is 28.3 Å². The zero-order valence-electron chi connectivity index (χ0n) is 19.1. The second-order valence-electron chi connectivity index (χ2n) is 7.83. The Hall–Kier alpha value is -3.52. The molecule has 8 heteroatoms. The van der Waals surface area contributed by atoms with Gasteiger partial charge in [-0.05, 0) is 61.4 Å². The molecule has 0 fully saturated rings. The normalized spacial score (nSPS) is 11.9. The number of nitrogens with zero attached hydrogens (tertiary/aromatic N) is 1. The topological polar surface area (TPSA) is 77.1 Å². The number of carbonyl (C=O) groups excluding carboxylic acids is 2. The molecule has 1 aliphatic heterocycles. The van der Waals surface area contributed by atoms with Gasteiger partial charge >= 0.3 is 5.97 Å². The predicted molar refractivity (Wildman–Crippen MR) is 129 cm³/mol. The van der Waals surface area contributed by atoms with E-state index in [4.69, 9.17) is 14.2 Å². The molecule has 3 aromatic rings. The molecule has 0 atom stereocenters.